The zero-order valence-corrected chi connectivity index (χ0v) is 12.8. The summed E-state index contributed by atoms with van der Waals surface area (Å²) in [5.74, 6) is 1.76. The normalized spacial score (nSPS) is 21.4. The van der Waals surface area contributed by atoms with Crippen molar-refractivity contribution in [2.24, 2.45) is 0 Å². The summed E-state index contributed by atoms with van der Waals surface area (Å²) in [6.07, 6.45) is 0.853. The molecule has 0 bridgehead atoms. The number of sulfone groups is 1. The first-order valence-electron chi connectivity index (χ1n) is 6.57. The molecule has 0 aliphatic carbocycles. The average molecular weight is 283 g/mol. The summed E-state index contributed by atoms with van der Waals surface area (Å²) in [4.78, 5) is 10.8. The fraction of sp³-hybridized carbons (Fsp3) is 0.692. The molecule has 0 amide bonds. The van der Waals surface area contributed by atoms with Gasteiger partial charge in [0.05, 0.1) is 10.5 Å². The van der Waals surface area contributed by atoms with Crippen molar-refractivity contribution in [2.75, 3.05) is 23.7 Å². The van der Waals surface area contributed by atoms with E-state index < -0.39 is 14.6 Å². The summed E-state index contributed by atoms with van der Waals surface area (Å²) >= 11 is 0. The SMILES string of the molecule is CCc1cc(N2CCS(=O)(=O)C(C)(C)C2)nc(C)n1. The van der Waals surface area contributed by atoms with Crippen LogP contribution in [-0.2, 0) is 16.3 Å². The van der Waals surface area contributed by atoms with Crippen molar-refractivity contribution in [3.8, 4) is 0 Å². The van der Waals surface area contributed by atoms with Crippen LogP contribution in [0.15, 0.2) is 6.07 Å². The minimum absolute atomic E-state index is 0.185. The maximum atomic E-state index is 12.0. The lowest BCUT2D eigenvalue weighted by Crippen LogP contribution is -2.53. The molecule has 1 fully saturated rings. The van der Waals surface area contributed by atoms with Crippen LogP contribution in [0.2, 0.25) is 0 Å². The molecule has 2 heterocycles. The monoisotopic (exact) mass is 283 g/mol. The summed E-state index contributed by atoms with van der Waals surface area (Å²) in [5.41, 5.74) is 0.994. The van der Waals surface area contributed by atoms with E-state index in [9.17, 15) is 8.42 Å². The van der Waals surface area contributed by atoms with E-state index in [1.54, 1.807) is 13.8 Å². The third-order valence-corrected chi connectivity index (χ3v) is 6.14. The highest BCUT2D eigenvalue weighted by atomic mass is 32.2. The molecule has 0 spiro atoms. The van der Waals surface area contributed by atoms with Crippen molar-refractivity contribution in [3.05, 3.63) is 17.6 Å². The van der Waals surface area contributed by atoms with Crippen LogP contribution in [0, 0.1) is 6.92 Å². The lowest BCUT2D eigenvalue weighted by molar-refractivity contribution is 0.521. The van der Waals surface area contributed by atoms with Gasteiger partial charge in [0, 0.05) is 24.8 Å². The maximum Gasteiger partial charge on any atom is 0.158 e. The second-order valence-electron chi connectivity index (χ2n) is 5.62. The molecule has 1 saturated heterocycles. The Morgan fingerprint density at radius 1 is 1.37 bits per heavy atom. The third-order valence-electron chi connectivity index (χ3n) is 3.61. The molecule has 2 rings (SSSR count). The second-order valence-corrected chi connectivity index (χ2v) is 8.36. The molecule has 0 aromatic carbocycles. The van der Waals surface area contributed by atoms with E-state index in [2.05, 4.69) is 21.8 Å². The Balaban J connectivity index is 2.32. The van der Waals surface area contributed by atoms with Crippen LogP contribution < -0.4 is 4.90 Å². The maximum absolute atomic E-state index is 12.0. The Hall–Kier alpha value is -1.17. The predicted octanol–water partition coefficient (Wildman–Crippen LogP) is 1.36. The van der Waals surface area contributed by atoms with Crippen molar-refractivity contribution < 1.29 is 8.42 Å². The lowest BCUT2D eigenvalue weighted by Gasteiger charge is -2.38. The van der Waals surface area contributed by atoms with Crippen LogP contribution in [0.25, 0.3) is 0 Å². The number of nitrogens with zero attached hydrogens (tertiary/aromatic N) is 3. The Morgan fingerprint density at radius 3 is 2.63 bits per heavy atom. The van der Waals surface area contributed by atoms with Crippen molar-refractivity contribution in [3.63, 3.8) is 0 Å². The smallest absolute Gasteiger partial charge is 0.158 e. The number of rotatable bonds is 2. The molecule has 0 radical (unpaired) electrons. The van der Waals surface area contributed by atoms with E-state index in [4.69, 9.17) is 0 Å². The molecule has 0 N–H and O–H groups in total. The fourth-order valence-electron chi connectivity index (χ4n) is 2.29. The average Bonchev–Trinajstić information content (AvgIpc) is 2.32. The zero-order chi connectivity index (χ0) is 14.3. The highest BCUT2D eigenvalue weighted by Gasteiger charge is 2.40. The van der Waals surface area contributed by atoms with Gasteiger partial charge in [-0.05, 0) is 27.2 Å². The van der Waals surface area contributed by atoms with Gasteiger partial charge in [0.2, 0.25) is 0 Å². The molecule has 106 valence electrons. The van der Waals surface area contributed by atoms with E-state index in [0.717, 1.165) is 23.8 Å². The standard InChI is InChI=1S/C13H21N3O2S/c1-5-11-8-12(15-10(2)14-11)16-6-7-19(17,18)13(3,4)9-16/h8H,5-7,9H2,1-4H3. The van der Waals surface area contributed by atoms with E-state index in [1.165, 1.54) is 0 Å². The molecule has 0 atom stereocenters. The van der Waals surface area contributed by atoms with Gasteiger partial charge in [0.25, 0.3) is 0 Å². The molecule has 1 aliphatic rings. The summed E-state index contributed by atoms with van der Waals surface area (Å²) < 4.78 is 23.3. The topological polar surface area (TPSA) is 63.2 Å². The number of aryl methyl sites for hydroxylation is 2. The van der Waals surface area contributed by atoms with Gasteiger partial charge in [0.1, 0.15) is 11.6 Å². The molecular weight excluding hydrogens is 262 g/mol. The molecule has 1 aromatic heterocycles. The van der Waals surface area contributed by atoms with Crippen LogP contribution in [0.5, 0.6) is 0 Å². The van der Waals surface area contributed by atoms with Gasteiger partial charge in [-0.3, -0.25) is 0 Å². The molecule has 19 heavy (non-hydrogen) atoms. The number of hydrogen-bond acceptors (Lipinski definition) is 5. The van der Waals surface area contributed by atoms with E-state index in [1.807, 2.05) is 13.0 Å². The van der Waals surface area contributed by atoms with E-state index >= 15 is 0 Å². The molecular formula is C13H21N3O2S. The van der Waals surface area contributed by atoms with Gasteiger partial charge >= 0.3 is 0 Å². The minimum atomic E-state index is -3.01. The number of anilines is 1. The Kier molecular flexibility index (Phi) is 3.55. The van der Waals surface area contributed by atoms with Crippen molar-refractivity contribution in [1.29, 1.82) is 0 Å². The Bertz CT molecular complexity index is 582. The highest BCUT2D eigenvalue weighted by Crippen LogP contribution is 2.27. The van der Waals surface area contributed by atoms with Crippen LogP contribution in [0.4, 0.5) is 5.82 Å². The molecule has 0 saturated carbocycles. The zero-order valence-electron chi connectivity index (χ0n) is 12.0. The Morgan fingerprint density at radius 2 is 2.05 bits per heavy atom. The quantitative estimate of drug-likeness (QED) is 0.820. The first kappa shape index (κ1) is 14.2. The Labute approximate surface area is 115 Å². The largest absolute Gasteiger partial charge is 0.354 e. The lowest BCUT2D eigenvalue weighted by atomic mass is 10.2. The highest BCUT2D eigenvalue weighted by molar-refractivity contribution is 7.92. The predicted molar refractivity (Wildman–Crippen MR) is 76.2 cm³/mol. The van der Waals surface area contributed by atoms with E-state index in [-0.39, 0.29) is 5.75 Å². The number of hydrogen-bond donors (Lipinski definition) is 0. The van der Waals surface area contributed by atoms with Gasteiger partial charge in [-0.15, -0.1) is 0 Å². The molecule has 6 heteroatoms. The summed E-state index contributed by atoms with van der Waals surface area (Å²) in [6, 6.07) is 1.96. The van der Waals surface area contributed by atoms with Crippen LogP contribution in [0.3, 0.4) is 0 Å². The van der Waals surface area contributed by atoms with Crippen molar-refractivity contribution >= 4 is 15.7 Å². The summed E-state index contributed by atoms with van der Waals surface area (Å²) in [5, 5.41) is 0. The second kappa shape index (κ2) is 4.74. The minimum Gasteiger partial charge on any atom is -0.354 e. The number of aromatic nitrogens is 2. The van der Waals surface area contributed by atoms with Crippen LogP contribution in [0.1, 0.15) is 32.3 Å². The summed E-state index contributed by atoms with van der Waals surface area (Å²) in [7, 11) is -3.01. The van der Waals surface area contributed by atoms with Gasteiger partial charge in [-0.25, -0.2) is 18.4 Å². The third kappa shape index (κ3) is 2.73. The van der Waals surface area contributed by atoms with Gasteiger partial charge < -0.3 is 4.90 Å². The first-order chi connectivity index (χ1) is 8.75. The molecule has 1 aromatic rings. The molecule has 1 aliphatic heterocycles. The van der Waals surface area contributed by atoms with Crippen molar-refractivity contribution in [2.45, 2.75) is 38.9 Å². The van der Waals surface area contributed by atoms with Crippen molar-refractivity contribution in [1.82, 2.24) is 9.97 Å². The fourth-order valence-corrected chi connectivity index (χ4v) is 3.66. The van der Waals surface area contributed by atoms with Crippen LogP contribution in [-0.4, -0.2) is 42.0 Å². The van der Waals surface area contributed by atoms with Gasteiger partial charge in [0.15, 0.2) is 9.84 Å². The van der Waals surface area contributed by atoms with Gasteiger partial charge in [-0.1, -0.05) is 6.92 Å². The molecule has 0 unspecified atom stereocenters. The van der Waals surface area contributed by atoms with Gasteiger partial charge in [-0.2, -0.15) is 0 Å². The van der Waals surface area contributed by atoms with Crippen LogP contribution >= 0.6 is 0 Å². The first-order valence-corrected chi connectivity index (χ1v) is 8.22. The summed E-state index contributed by atoms with van der Waals surface area (Å²) in [6.45, 7) is 8.47. The van der Waals surface area contributed by atoms with E-state index in [0.29, 0.717) is 13.1 Å². The molecule has 5 nitrogen and oxygen atoms in total.